The fourth-order valence-electron chi connectivity index (χ4n) is 2.62. The van der Waals surface area contributed by atoms with Crippen LogP contribution in [-0.2, 0) is 16.1 Å². The summed E-state index contributed by atoms with van der Waals surface area (Å²) in [6.07, 6.45) is 1.91. The number of hydrogen-bond acceptors (Lipinski definition) is 4. The molecule has 0 spiro atoms. The smallest absolute Gasteiger partial charge is 0.322 e. The highest BCUT2D eigenvalue weighted by molar-refractivity contribution is 6.04. The highest BCUT2D eigenvalue weighted by Crippen LogP contribution is 2.28. The second-order valence-electron chi connectivity index (χ2n) is 6.80. The van der Waals surface area contributed by atoms with Crippen molar-refractivity contribution >= 4 is 29.4 Å². The van der Waals surface area contributed by atoms with Gasteiger partial charge in [-0.2, -0.15) is 0 Å². The summed E-state index contributed by atoms with van der Waals surface area (Å²) in [6, 6.07) is 13.1. The number of carboxylic acid groups (broad SMARTS) is 1. The third-order valence-corrected chi connectivity index (χ3v) is 4.44. The molecule has 0 unspecified atom stereocenters. The van der Waals surface area contributed by atoms with Gasteiger partial charge in [0.25, 0.3) is 11.8 Å². The van der Waals surface area contributed by atoms with Crippen LogP contribution in [-0.4, -0.2) is 35.3 Å². The van der Waals surface area contributed by atoms with E-state index in [1.165, 1.54) is 12.1 Å². The SMILES string of the molecule is O=C(O)CNC(=O)c1ccc(NC(=O)c2ccc(CNC(=O)C3CC3)cc2)cc1. The van der Waals surface area contributed by atoms with Gasteiger partial charge in [0.2, 0.25) is 5.91 Å². The molecule has 3 amide bonds. The highest BCUT2D eigenvalue weighted by Gasteiger charge is 2.29. The van der Waals surface area contributed by atoms with Crippen molar-refractivity contribution in [2.24, 2.45) is 5.92 Å². The minimum atomic E-state index is -1.13. The Hall–Kier alpha value is -3.68. The number of hydrogen-bond donors (Lipinski definition) is 4. The average Bonchev–Trinajstić information content (AvgIpc) is 3.56. The Labute approximate surface area is 167 Å². The molecule has 2 aromatic carbocycles. The molecular weight excluding hydrogens is 374 g/mol. The second kappa shape index (κ2) is 9.01. The molecule has 1 aliphatic carbocycles. The Morgan fingerprint density at radius 3 is 2.00 bits per heavy atom. The average molecular weight is 395 g/mol. The van der Waals surface area contributed by atoms with Crippen molar-refractivity contribution in [3.05, 3.63) is 65.2 Å². The maximum absolute atomic E-state index is 12.4. The number of benzene rings is 2. The normalized spacial score (nSPS) is 12.7. The van der Waals surface area contributed by atoms with E-state index in [-0.39, 0.29) is 17.7 Å². The van der Waals surface area contributed by atoms with Gasteiger partial charge in [0.05, 0.1) is 0 Å². The molecule has 1 aliphatic rings. The molecule has 1 fully saturated rings. The van der Waals surface area contributed by atoms with Gasteiger partial charge in [-0.25, -0.2) is 0 Å². The van der Waals surface area contributed by atoms with Crippen molar-refractivity contribution in [1.29, 1.82) is 0 Å². The first-order valence-electron chi connectivity index (χ1n) is 9.20. The molecule has 8 nitrogen and oxygen atoms in total. The van der Waals surface area contributed by atoms with Crippen molar-refractivity contribution in [3.8, 4) is 0 Å². The zero-order chi connectivity index (χ0) is 20.8. The Kier molecular flexibility index (Phi) is 6.23. The molecule has 0 heterocycles. The Morgan fingerprint density at radius 2 is 1.41 bits per heavy atom. The number of rotatable bonds is 8. The first-order valence-corrected chi connectivity index (χ1v) is 9.20. The quantitative estimate of drug-likeness (QED) is 0.542. The Bertz CT molecular complexity index is 918. The minimum absolute atomic E-state index is 0.0758. The topological polar surface area (TPSA) is 125 Å². The van der Waals surface area contributed by atoms with Gasteiger partial charge >= 0.3 is 5.97 Å². The highest BCUT2D eigenvalue weighted by atomic mass is 16.4. The number of anilines is 1. The number of carbonyl (C=O) groups excluding carboxylic acids is 3. The third kappa shape index (κ3) is 5.90. The van der Waals surface area contributed by atoms with E-state index in [1.54, 1.807) is 36.4 Å². The van der Waals surface area contributed by atoms with Crippen LogP contribution in [0.1, 0.15) is 39.1 Å². The summed E-state index contributed by atoms with van der Waals surface area (Å²) in [5.41, 5.74) is 2.17. The summed E-state index contributed by atoms with van der Waals surface area (Å²) in [5, 5.41) is 16.4. The van der Waals surface area contributed by atoms with Crippen LogP contribution >= 0.6 is 0 Å². The fourth-order valence-corrected chi connectivity index (χ4v) is 2.62. The minimum Gasteiger partial charge on any atom is -0.480 e. The van der Waals surface area contributed by atoms with Gasteiger partial charge in [-0.05, 0) is 54.8 Å². The maximum atomic E-state index is 12.4. The molecule has 3 rings (SSSR count). The molecule has 29 heavy (non-hydrogen) atoms. The molecule has 8 heteroatoms. The van der Waals surface area contributed by atoms with Gasteiger partial charge in [-0.3, -0.25) is 19.2 Å². The summed E-state index contributed by atoms with van der Waals surface area (Å²) in [5.74, 6) is -1.70. The van der Waals surface area contributed by atoms with Crippen LogP contribution in [0, 0.1) is 5.92 Å². The Balaban J connectivity index is 1.52. The number of aliphatic carboxylic acids is 1. The summed E-state index contributed by atoms with van der Waals surface area (Å²) < 4.78 is 0. The summed E-state index contributed by atoms with van der Waals surface area (Å²) in [4.78, 5) is 46.3. The molecular formula is C21H21N3O5. The molecule has 4 N–H and O–H groups in total. The number of amides is 3. The van der Waals surface area contributed by atoms with Crippen molar-refractivity contribution in [3.63, 3.8) is 0 Å². The van der Waals surface area contributed by atoms with Crippen molar-refractivity contribution in [2.75, 3.05) is 11.9 Å². The standard InChI is InChI=1S/C21H21N3O5/c25-18(26)12-23-20(28)15-7-9-17(10-8-15)24-21(29)16-3-1-13(2-4-16)11-22-19(27)14-5-6-14/h1-4,7-10,14H,5-6,11-12H2,(H,22,27)(H,23,28)(H,24,29)(H,25,26). The van der Waals surface area contributed by atoms with Crippen molar-refractivity contribution in [2.45, 2.75) is 19.4 Å². The van der Waals surface area contributed by atoms with Crippen LogP contribution in [0.15, 0.2) is 48.5 Å². The van der Waals surface area contributed by atoms with E-state index in [0.717, 1.165) is 18.4 Å². The van der Waals surface area contributed by atoms with E-state index >= 15 is 0 Å². The molecule has 2 aromatic rings. The molecule has 0 aliphatic heterocycles. The lowest BCUT2D eigenvalue weighted by molar-refractivity contribution is -0.135. The van der Waals surface area contributed by atoms with Gasteiger partial charge in [0.15, 0.2) is 0 Å². The third-order valence-electron chi connectivity index (χ3n) is 4.44. The van der Waals surface area contributed by atoms with Gasteiger partial charge < -0.3 is 21.1 Å². The van der Waals surface area contributed by atoms with E-state index in [9.17, 15) is 19.2 Å². The molecule has 0 bridgehead atoms. The number of carbonyl (C=O) groups is 4. The van der Waals surface area contributed by atoms with Crippen LogP contribution in [0.2, 0.25) is 0 Å². The molecule has 0 aromatic heterocycles. The fraction of sp³-hybridized carbons (Fsp3) is 0.238. The molecule has 1 saturated carbocycles. The van der Waals surface area contributed by atoms with Gasteiger partial charge in [0.1, 0.15) is 6.54 Å². The second-order valence-corrected chi connectivity index (χ2v) is 6.80. The zero-order valence-corrected chi connectivity index (χ0v) is 15.6. The van der Waals surface area contributed by atoms with E-state index < -0.39 is 18.4 Å². The molecule has 0 saturated heterocycles. The summed E-state index contributed by atoms with van der Waals surface area (Å²) in [7, 11) is 0. The van der Waals surface area contributed by atoms with E-state index in [4.69, 9.17) is 5.11 Å². The Morgan fingerprint density at radius 1 is 0.828 bits per heavy atom. The predicted octanol–water partition coefficient (Wildman–Crippen LogP) is 1.78. The lowest BCUT2D eigenvalue weighted by Crippen LogP contribution is -2.29. The summed E-state index contributed by atoms with van der Waals surface area (Å²) >= 11 is 0. The van der Waals surface area contributed by atoms with Crippen LogP contribution < -0.4 is 16.0 Å². The predicted molar refractivity (Wildman–Crippen MR) is 105 cm³/mol. The van der Waals surface area contributed by atoms with Crippen LogP contribution in [0.3, 0.4) is 0 Å². The van der Waals surface area contributed by atoms with Crippen LogP contribution in [0.5, 0.6) is 0 Å². The van der Waals surface area contributed by atoms with E-state index in [2.05, 4.69) is 16.0 Å². The van der Waals surface area contributed by atoms with Crippen molar-refractivity contribution in [1.82, 2.24) is 10.6 Å². The first kappa shape index (κ1) is 20.1. The first-order chi connectivity index (χ1) is 13.9. The molecule has 150 valence electrons. The molecule has 0 radical (unpaired) electrons. The van der Waals surface area contributed by atoms with Crippen LogP contribution in [0.4, 0.5) is 5.69 Å². The van der Waals surface area contributed by atoms with Crippen LogP contribution in [0.25, 0.3) is 0 Å². The zero-order valence-electron chi connectivity index (χ0n) is 15.6. The van der Waals surface area contributed by atoms with Gasteiger partial charge in [-0.15, -0.1) is 0 Å². The van der Waals surface area contributed by atoms with Crippen molar-refractivity contribution < 1.29 is 24.3 Å². The summed E-state index contributed by atoms with van der Waals surface area (Å²) in [6.45, 7) is -0.0276. The monoisotopic (exact) mass is 395 g/mol. The van der Waals surface area contributed by atoms with Gasteiger partial charge in [0, 0.05) is 29.3 Å². The lowest BCUT2D eigenvalue weighted by Gasteiger charge is -2.08. The maximum Gasteiger partial charge on any atom is 0.322 e. The van der Waals surface area contributed by atoms with Gasteiger partial charge in [-0.1, -0.05) is 12.1 Å². The number of nitrogens with one attached hydrogen (secondary N) is 3. The largest absolute Gasteiger partial charge is 0.480 e. The number of carboxylic acids is 1. The molecule has 0 atom stereocenters. The van der Waals surface area contributed by atoms with E-state index in [0.29, 0.717) is 23.4 Å². The van der Waals surface area contributed by atoms with E-state index in [1.807, 2.05) is 0 Å². The lowest BCUT2D eigenvalue weighted by atomic mass is 10.1.